The predicted molar refractivity (Wildman–Crippen MR) is 75.7 cm³/mol. The van der Waals surface area contributed by atoms with Gasteiger partial charge in [0.25, 0.3) is 0 Å². The third-order valence-electron chi connectivity index (χ3n) is 5.52. The van der Waals surface area contributed by atoms with Crippen LogP contribution in [0.15, 0.2) is 35.2 Å². The molecule has 1 N–H and O–H groups in total. The molecule has 1 aromatic heterocycles. The lowest BCUT2D eigenvalue weighted by Crippen LogP contribution is -2.50. The highest BCUT2D eigenvalue weighted by atomic mass is 16.4. The van der Waals surface area contributed by atoms with E-state index in [0.29, 0.717) is 23.5 Å². The van der Waals surface area contributed by atoms with Crippen molar-refractivity contribution in [3.63, 3.8) is 0 Å². The Balaban J connectivity index is 1.77. The number of hydrogen-bond donors (Lipinski definition) is 1. The minimum Gasteiger partial charge on any atom is -0.478 e. The molecule has 0 radical (unpaired) electrons. The van der Waals surface area contributed by atoms with Crippen LogP contribution >= 0.6 is 0 Å². The molecule has 2 aliphatic carbocycles. The van der Waals surface area contributed by atoms with E-state index in [2.05, 4.69) is 21.2 Å². The normalized spacial score (nSPS) is 31.9. The van der Waals surface area contributed by atoms with Crippen LogP contribution in [0.4, 0.5) is 5.82 Å². The number of carboxylic acids is 1. The Bertz CT molecular complexity index is 737. The molecule has 5 nitrogen and oxygen atoms in total. The van der Waals surface area contributed by atoms with Crippen molar-refractivity contribution in [3.8, 4) is 0 Å². The maximum atomic E-state index is 11.6. The van der Waals surface area contributed by atoms with Crippen LogP contribution in [0.2, 0.25) is 0 Å². The maximum absolute atomic E-state index is 11.6. The summed E-state index contributed by atoms with van der Waals surface area (Å²) < 4.78 is 0. The molecule has 21 heavy (non-hydrogen) atoms. The molecule has 3 unspecified atom stereocenters. The van der Waals surface area contributed by atoms with E-state index in [9.17, 15) is 9.90 Å². The molecule has 5 aliphatic rings. The summed E-state index contributed by atoms with van der Waals surface area (Å²) in [6.07, 6.45) is 7.96. The van der Waals surface area contributed by atoms with E-state index in [1.165, 1.54) is 24.0 Å². The molecule has 1 fully saturated rings. The number of hydrogen-bond acceptors (Lipinski definition) is 4. The van der Waals surface area contributed by atoms with E-state index in [1.807, 2.05) is 6.08 Å². The zero-order chi connectivity index (χ0) is 14.1. The van der Waals surface area contributed by atoms with Gasteiger partial charge in [0.15, 0.2) is 5.82 Å². The summed E-state index contributed by atoms with van der Waals surface area (Å²) in [7, 11) is 0. The molecule has 6 rings (SSSR count). The molecule has 106 valence electrons. The SMILES string of the molecule is O=C(O)C1=CCC2=C1N1c3nnccc3C2C2CCCC21. The van der Waals surface area contributed by atoms with Gasteiger partial charge in [-0.2, -0.15) is 5.10 Å². The number of aliphatic carboxylic acids is 1. The minimum absolute atomic E-state index is 0.344. The molecular weight excluding hydrogens is 266 g/mol. The van der Waals surface area contributed by atoms with E-state index in [1.54, 1.807) is 6.20 Å². The van der Waals surface area contributed by atoms with Gasteiger partial charge in [0.05, 0.1) is 17.5 Å². The van der Waals surface area contributed by atoms with Crippen LogP contribution in [-0.4, -0.2) is 27.3 Å². The van der Waals surface area contributed by atoms with Gasteiger partial charge in [-0.3, -0.25) is 0 Å². The Hall–Kier alpha value is -2.17. The van der Waals surface area contributed by atoms with Gasteiger partial charge in [0, 0.05) is 17.5 Å². The van der Waals surface area contributed by atoms with Crippen molar-refractivity contribution >= 4 is 11.8 Å². The van der Waals surface area contributed by atoms with Gasteiger partial charge in [0.1, 0.15) is 0 Å². The number of rotatable bonds is 1. The van der Waals surface area contributed by atoms with Crippen LogP contribution in [0, 0.1) is 5.92 Å². The van der Waals surface area contributed by atoms with Crippen molar-refractivity contribution in [1.82, 2.24) is 10.2 Å². The molecule has 3 aliphatic heterocycles. The first-order valence-corrected chi connectivity index (χ1v) is 7.55. The molecule has 2 bridgehead atoms. The second kappa shape index (κ2) is 3.72. The molecule has 3 atom stereocenters. The first-order valence-electron chi connectivity index (χ1n) is 7.55. The van der Waals surface area contributed by atoms with Crippen LogP contribution < -0.4 is 4.90 Å². The molecule has 0 saturated heterocycles. The average molecular weight is 281 g/mol. The highest BCUT2D eigenvalue weighted by molar-refractivity contribution is 5.96. The fourth-order valence-electron chi connectivity index (χ4n) is 4.87. The van der Waals surface area contributed by atoms with Gasteiger partial charge < -0.3 is 10.0 Å². The molecule has 4 heterocycles. The Morgan fingerprint density at radius 2 is 2.29 bits per heavy atom. The first kappa shape index (κ1) is 11.5. The first-order chi connectivity index (χ1) is 10.3. The fraction of sp³-hybridized carbons (Fsp3) is 0.438. The summed E-state index contributed by atoms with van der Waals surface area (Å²) >= 11 is 0. The molecule has 1 saturated carbocycles. The van der Waals surface area contributed by atoms with Crippen LogP contribution in [0.1, 0.15) is 37.2 Å². The highest BCUT2D eigenvalue weighted by Gasteiger charge is 2.53. The van der Waals surface area contributed by atoms with Crippen LogP contribution in [-0.2, 0) is 4.79 Å². The largest absolute Gasteiger partial charge is 0.478 e. The third-order valence-corrected chi connectivity index (χ3v) is 5.52. The summed E-state index contributed by atoms with van der Waals surface area (Å²) in [6.45, 7) is 0. The molecule has 0 spiro atoms. The molecule has 0 aromatic carbocycles. The van der Waals surface area contributed by atoms with Crippen molar-refractivity contribution in [2.75, 3.05) is 4.90 Å². The van der Waals surface area contributed by atoms with Gasteiger partial charge in [-0.05, 0) is 36.8 Å². The van der Waals surface area contributed by atoms with Crippen LogP contribution in [0.5, 0.6) is 0 Å². The van der Waals surface area contributed by atoms with Gasteiger partial charge in [-0.15, -0.1) is 5.10 Å². The van der Waals surface area contributed by atoms with E-state index in [4.69, 9.17) is 0 Å². The summed E-state index contributed by atoms with van der Waals surface area (Å²) in [4.78, 5) is 13.8. The molecule has 1 aromatic rings. The number of carboxylic acid groups (broad SMARTS) is 1. The molecule has 5 heteroatoms. The topological polar surface area (TPSA) is 66.3 Å². The number of anilines is 1. The second-order valence-electron chi connectivity index (χ2n) is 6.32. The fourth-order valence-corrected chi connectivity index (χ4v) is 4.87. The van der Waals surface area contributed by atoms with E-state index >= 15 is 0 Å². The van der Waals surface area contributed by atoms with Crippen molar-refractivity contribution in [3.05, 3.63) is 40.7 Å². The van der Waals surface area contributed by atoms with Crippen molar-refractivity contribution < 1.29 is 9.90 Å². The number of carbonyl (C=O) groups is 1. The molecule has 0 amide bonds. The summed E-state index contributed by atoms with van der Waals surface area (Å²) in [5.41, 5.74) is 3.91. The maximum Gasteiger partial charge on any atom is 0.337 e. The molecular formula is C16H15N3O2. The van der Waals surface area contributed by atoms with E-state index in [0.717, 1.165) is 24.4 Å². The Morgan fingerprint density at radius 1 is 1.38 bits per heavy atom. The van der Waals surface area contributed by atoms with Gasteiger partial charge in [0.2, 0.25) is 0 Å². The Kier molecular flexibility index (Phi) is 2.04. The van der Waals surface area contributed by atoms with Crippen molar-refractivity contribution in [2.45, 2.75) is 37.6 Å². The predicted octanol–water partition coefficient (Wildman–Crippen LogP) is 2.23. The van der Waals surface area contributed by atoms with Gasteiger partial charge >= 0.3 is 5.97 Å². The third kappa shape index (κ3) is 1.25. The number of allylic oxidation sites excluding steroid dienone is 2. The summed E-state index contributed by atoms with van der Waals surface area (Å²) in [5, 5.41) is 17.9. The van der Waals surface area contributed by atoms with Crippen LogP contribution in [0.3, 0.4) is 0 Å². The highest BCUT2D eigenvalue weighted by Crippen LogP contribution is 2.59. The van der Waals surface area contributed by atoms with E-state index < -0.39 is 5.97 Å². The monoisotopic (exact) mass is 281 g/mol. The number of nitrogens with zero attached hydrogens (tertiary/aromatic N) is 3. The lowest BCUT2D eigenvalue weighted by Gasteiger charge is -2.50. The Morgan fingerprint density at radius 3 is 3.14 bits per heavy atom. The lowest BCUT2D eigenvalue weighted by atomic mass is 9.70. The summed E-state index contributed by atoms with van der Waals surface area (Å²) in [5.74, 6) is 1.02. The second-order valence-corrected chi connectivity index (χ2v) is 6.32. The standard InChI is InChI=1S/C16H15N3O2/c20-16(21)11-5-4-9-13-8-2-1-3-12(8)19(14(9)11)15-10(13)6-7-17-18-15/h5-8,12-13H,1-4H2,(H,20,21). The zero-order valence-corrected chi connectivity index (χ0v) is 11.5. The number of aromatic nitrogens is 2. The van der Waals surface area contributed by atoms with Gasteiger partial charge in [-0.25, -0.2) is 4.79 Å². The smallest absolute Gasteiger partial charge is 0.337 e. The average Bonchev–Trinajstić information content (AvgIpc) is 3.13. The van der Waals surface area contributed by atoms with Gasteiger partial charge in [-0.1, -0.05) is 12.5 Å². The summed E-state index contributed by atoms with van der Waals surface area (Å²) in [6, 6.07) is 2.47. The zero-order valence-electron chi connectivity index (χ0n) is 11.5. The quantitative estimate of drug-likeness (QED) is 0.855. The van der Waals surface area contributed by atoms with Crippen molar-refractivity contribution in [1.29, 1.82) is 0 Å². The minimum atomic E-state index is -0.826. The Labute approximate surface area is 122 Å². The van der Waals surface area contributed by atoms with E-state index in [-0.39, 0.29) is 0 Å². The van der Waals surface area contributed by atoms with Crippen molar-refractivity contribution in [2.24, 2.45) is 5.92 Å². The lowest BCUT2D eigenvalue weighted by molar-refractivity contribution is -0.132. The van der Waals surface area contributed by atoms with Crippen LogP contribution in [0.25, 0.3) is 0 Å².